The van der Waals surface area contributed by atoms with Crippen LogP contribution in [0.3, 0.4) is 0 Å². The smallest absolute Gasteiger partial charge is 0.243 e. The minimum Gasteiger partial charge on any atom is -0.497 e. The van der Waals surface area contributed by atoms with E-state index in [1.807, 2.05) is 24.3 Å². The van der Waals surface area contributed by atoms with E-state index in [0.29, 0.717) is 30.2 Å². The number of fused-ring (bicyclic) bond motifs is 1. The Labute approximate surface area is 180 Å². The van der Waals surface area contributed by atoms with Gasteiger partial charge in [-0.15, -0.1) is 0 Å². The minimum absolute atomic E-state index is 0.0450. The number of nitrogens with one attached hydrogen (secondary N) is 2. The number of hydrogen-bond acceptors (Lipinski definition) is 5. The third-order valence-electron chi connectivity index (χ3n) is 5.15. The lowest BCUT2D eigenvalue weighted by Gasteiger charge is -2.24. The highest BCUT2D eigenvalue weighted by molar-refractivity contribution is 5.96. The zero-order valence-electron chi connectivity index (χ0n) is 17.1. The zero-order chi connectivity index (χ0) is 21.6. The van der Waals surface area contributed by atoms with Crippen LogP contribution in [-0.2, 0) is 16.0 Å². The van der Waals surface area contributed by atoms with Gasteiger partial charge in [0.1, 0.15) is 17.2 Å². The van der Waals surface area contributed by atoms with Gasteiger partial charge in [-0.3, -0.25) is 9.59 Å². The summed E-state index contributed by atoms with van der Waals surface area (Å²) in [7, 11) is 1.60. The molecular formula is C24H23N3O4. The minimum atomic E-state index is -0.232. The van der Waals surface area contributed by atoms with E-state index in [4.69, 9.17) is 9.47 Å². The van der Waals surface area contributed by atoms with E-state index in [9.17, 15) is 9.59 Å². The third-order valence-corrected chi connectivity index (χ3v) is 5.15. The molecule has 31 heavy (non-hydrogen) atoms. The van der Waals surface area contributed by atoms with Gasteiger partial charge in [0.2, 0.25) is 17.7 Å². The molecule has 158 valence electrons. The van der Waals surface area contributed by atoms with Gasteiger partial charge >= 0.3 is 0 Å². The summed E-state index contributed by atoms with van der Waals surface area (Å²) in [4.78, 5) is 29.1. The molecule has 0 aliphatic carbocycles. The number of methoxy groups -OCH3 is 1. The predicted octanol–water partition coefficient (Wildman–Crippen LogP) is 4.41. The number of carbonyl (C=O) groups is 2. The van der Waals surface area contributed by atoms with Crippen LogP contribution in [0.15, 0.2) is 66.9 Å². The van der Waals surface area contributed by atoms with Gasteiger partial charge in [0, 0.05) is 24.2 Å². The van der Waals surface area contributed by atoms with Crippen molar-refractivity contribution in [2.45, 2.75) is 19.3 Å². The molecule has 7 nitrogen and oxygen atoms in total. The highest BCUT2D eigenvalue weighted by Gasteiger charge is 2.26. The van der Waals surface area contributed by atoms with Crippen molar-refractivity contribution in [3.8, 4) is 17.4 Å². The van der Waals surface area contributed by atoms with Gasteiger partial charge in [0.25, 0.3) is 0 Å². The summed E-state index contributed by atoms with van der Waals surface area (Å²) in [6.07, 6.45) is 2.91. The first-order valence-electron chi connectivity index (χ1n) is 10.1. The van der Waals surface area contributed by atoms with E-state index < -0.39 is 0 Å². The van der Waals surface area contributed by atoms with Crippen LogP contribution < -0.4 is 20.1 Å². The molecule has 3 aromatic rings. The van der Waals surface area contributed by atoms with Crippen LogP contribution in [0.4, 0.5) is 11.4 Å². The molecule has 1 aromatic heterocycles. The Bertz CT molecular complexity index is 1080. The molecule has 2 heterocycles. The number of aromatic nitrogens is 1. The zero-order valence-corrected chi connectivity index (χ0v) is 17.1. The van der Waals surface area contributed by atoms with Crippen molar-refractivity contribution in [1.82, 2.24) is 4.98 Å². The lowest BCUT2D eigenvalue weighted by molar-refractivity contribution is -0.121. The molecule has 4 rings (SSSR count). The summed E-state index contributed by atoms with van der Waals surface area (Å²) in [5, 5.41) is 5.76. The number of para-hydroxylation sites is 1. The summed E-state index contributed by atoms with van der Waals surface area (Å²) >= 11 is 0. The number of anilines is 2. The number of rotatable bonds is 7. The van der Waals surface area contributed by atoms with Crippen molar-refractivity contribution >= 4 is 23.2 Å². The highest BCUT2D eigenvalue weighted by atomic mass is 16.5. The van der Waals surface area contributed by atoms with Crippen LogP contribution in [0.5, 0.6) is 17.4 Å². The number of benzene rings is 2. The van der Waals surface area contributed by atoms with E-state index >= 15 is 0 Å². The quantitative estimate of drug-likeness (QED) is 0.594. The Kier molecular flexibility index (Phi) is 6.12. The number of nitrogens with zero attached hydrogens (tertiary/aromatic N) is 1. The Morgan fingerprint density at radius 1 is 1.10 bits per heavy atom. The van der Waals surface area contributed by atoms with Crippen molar-refractivity contribution in [3.05, 3.63) is 72.4 Å². The molecule has 0 spiro atoms. The number of hydrogen-bond donors (Lipinski definition) is 2. The monoisotopic (exact) mass is 417 g/mol. The van der Waals surface area contributed by atoms with Gasteiger partial charge in [0.15, 0.2) is 0 Å². The summed E-state index contributed by atoms with van der Waals surface area (Å²) in [6, 6.07) is 18.3. The fourth-order valence-corrected chi connectivity index (χ4v) is 3.49. The van der Waals surface area contributed by atoms with E-state index in [1.165, 1.54) is 0 Å². The topological polar surface area (TPSA) is 89.6 Å². The normalized spacial score (nSPS) is 14.9. The molecule has 0 fully saturated rings. The van der Waals surface area contributed by atoms with Crippen LogP contribution in [0.25, 0.3) is 0 Å². The number of ether oxygens (including phenoxy) is 2. The third kappa shape index (κ3) is 5.01. The van der Waals surface area contributed by atoms with Crippen LogP contribution in [0, 0.1) is 5.92 Å². The lowest BCUT2D eigenvalue weighted by Crippen LogP contribution is -2.30. The van der Waals surface area contributed by atoms with Crippen LogP contribution >= 0.6 is 0 Å². The Hall–Kier alpha value is -3.87. The maximum atomic E-state index is 12.6. The molecule has 1 atom stereocenters. The standard InChI is InChI=1S/C24H23N3O4/c1-30-18-9-11-19(12-10-18)31-24-21(7-4-14-25-24)26-22(28)13-8-17-15-16-5-2-3-6-20(16)27-23(17)29/h2-7,9-12,14,17H,8,13,15H2,1H3,(H,26,28)(H,27,29). The van der Waals surface area contributed by atoms with E-state index in [1.54, 1.807) is 49.7 Å². The SMILES string of the molecule is COc1ccc(Oc2ncccc2NC(=O)CCC2Cc3ccccc3NC2=O)cc1. The second kappa shape index (κ2) is 9.30. The Morgan fingerprint density at radius 2 is 1.87 bits per heavy atom. The molecule has 7 heteroatoms. The average molecular weight is 417 g/mol. The molecule has 0 saturated carbocycles. The maximum Gasteiger partial charge on any atom is 0.243 e. The van der Waals surface area contributed by atoms with Crippen molar-refractivity contribution in [2.75, 3.05) is 17.7 Å². The largest absolute Gasteiger partial charge is 0.497 e. The van der Waals surface area contributed by atoms with Gasteiger partial charge in [0.05, 0.1) is 7.11 Å². The summed E-state index contributed by atoms with van der Waals surface area (Å²) in [6.45, 7) is 0. The molecule has 1 aliphatic heterocycles. The van der Waals surface area contributed by atoms with Crippen molar-refractivity contribution < 1.29 is 19.1 Å². The molecule has 2 amide bonds. The van der Waals surface area contributed by atoms with Crippen molar-refractivity contribution in [1.29, 1.82) is 0 Å². The first kappa shape index (κ1) is 20.4. The molecule has 2 aromatic carbocycles. The van der Waals surface area contributed by atoms with Crippen molar-refractivity contribution in [2.24, 2.45) is 5.92 Å². The first-order valence-corrected chi connectivity index (χ1v) is 10.1. The summed E-state index contributed by atoms with van der Waals surface area (Å²) in [5.74, 6) is 1.12. The van der Waals surface area contributed by atoms with Gasteiger partial charge < -0.3 is 20.1 Å². The van der Waals surface area contributed by atoms with E-state index in [2.05, 4.69) is 15.6 Å². The molecular weight excluding hydrogens is 394 g/mol. The maximum absolute atomic E-state index is 12.6. The van der Waals surface area contributed by atoms with Gasteiger partial charge in [-0.05, 0) is 60.9 Å². The molecule has 2 N–H and O–H groups in total. The van der Waals surface area contributed by atoms with Gasteiger partial charge in [-0.1, -0.05) is 18.2 Å². The van der Waals surface area contributed by atoms with E-state index in [-0.39, 0.29) is 24.2 Å². The number of carbonyl (C=O) groups excluding carboxylic acids is 2. The number of pyridine rings is 1. The highest BCUT2D eigenvalue weighted by Crippen LogP contribution is 2.30. The second-order valence-corrected chi connectivity index (χ2v) is 7.27. The fourth-order valence-electron chi connectivity index (χ4n) is 3.49. The summed E-state index contributed by atoms with van der Waals surface area (Å²) < 4.78 is 11.0. The number of amides is 2. The molecule has 0 saturated heterocycles. The van der Waals surface area contributed by atoms with Crippen LogP contribution in [-0.4, -0.2) is 23.9 Å². The average Bonchev–Trinajstić information content (AvgIpc) is 2.79. The second-order valence-electron chi connectivity index (χ2n) is 7.27. The van der Waals surface area contributed by atoms with Gasteiger partial charge in [-0.25, -0.2) is 4.98 Å². The first-order chi connectivity index (χ1) is 15.1. The predicted molar refractivity (Wildman–Crippen MR) is 117 cm³/mol. The Morgan fingerprint density at radius 3 is 2.68 bits per heavy atom. The van der Waals surface area contributed by atoms with Gasteiger partial charge in [-0.2, -0.15) is 0 Å². The molecule has 0 radical (unpaired) electrons. The molecule has 1 aliphatic rings. The van der Waals surface area contributed by atoms with Crippen LogP contribution in [0.2, 0.25) is 0 Å². The molecule has 0 bridgehead atoms. The van der Waals surface area contributed by atoms with E-state index in [0.717, 1.165) is 17.0 Å². The molecule has 1 unspecified atom stereocenters. The summed E-state index contributed by atoms with van der Waals surface area (Å²) in [5.41, 5.74) is 2.42. The Balaban J connectivity index is 1.36. The fraction of sp³-hybridized carbons (Fsp3) is 0.208. The lowest BCUT2D eigenvalue weighted by atomic mass is 9.89. The van der Waals surface area contributed by atoms with Crippen LogP contribution in [0.1, 0.15) is 18.4 Å². The van der Waals surface area contributed by atoms with Crippen molar-refractivity contribution in [3.63, 3.8) is 0 Å².